The van der Waals surface area contributed by atoms with Crippen LogP contribution in [0.5, 0.6) is 0 Å². The fourth-order valence-corrected chi connectivity index (χ4v) is 2.47. The number of para-hydroxylation sites is 2. The van der Waals surface area contributed by atoms with Crippen LogP contribution in [-0.2, 0) is 0 Å². The van der Waals surface area contributed by atoms with E-state index in [9.17, 15) is 0 Å². The summed E-state index contributed by atoms with van der Waals surface area (Å²) in [6, 6.07) is 30.8. The molecule has 112 valence electrons. The number of benzene rings is 3. The third-order valence-electron chi connectivity index (χ3n) is 3.58. The SMILES string of the molecule is C=C(C=Cc1ccccc1)N(c1ccccc1)c1ccccc1. The monoisotopic (exact) mass is 297 g/mol. The van der Waals surface area contributed by atoms with E-state index in [2.05, 4.69) is 60.0 Å². The Morgan fingerprint density at radius 3 is 1.57 bits per heavy atom. The van der Waals surface area contributed by atoms with Gasteiger partial charge >= 0.3 is 0 Å². The van der Waals surface area contributed by atoms with Gasteiger partial charge in [0.05, 0.1) is 0 Å². The summed E-state index contributed by atoms with van der Waals surface area (Å²) in [4.78, 5) is 2.15. The molecule has 0 aliphatic rings. The zero-order valence-electron chi connectivity index (χ0n) is 13.0. The van der Waals surface area contributed by atoms with E-state index in [1.165, 1.54) is 0 Å². The van der Waals surface area contributed by atoms with Crippen LogP contribution in [0, 0.1) is 0 Å². The second kappa shape index (κ2) is 7.28. The molecule has 1 heteroatoms. The standard InChI is InChI=1S/C22H19N/c1-19(17-18-20-11-5-2-6-12-20)23(21-13-7-3-8-14-21)22-15-9-4-10-16-22/h2-18H,1H2. The Morgan fingerprint density at radius 1 is 0.652 bits per heavy atom. The number of rotatable bonds is 5. The van der Waals surface area contributed by atoms with Crippen LogP contribution < -0.4 is 4.90 Å². The molecule has 0 radical (unpaired) electrons. The van der Waals surface area contributed by atoms with Gasteiger partial charge in [-0.15, -0.1) is 0 Å². The van der Waals surface area contributed by atoms with Crippen molar-refractivity contribution in [3.05, 3.63) is 115 Å². The van der Waals surface area contributed by atoms with E-state index in [0.717, 1.165) is 22.6 Å². The molecule has 0 aliphatic carbocycles. The number of hydrogen-bond donors (Lipinski definition) is 0. The zero-order valence-corrected chi connectivity index (χ0v) is 13.0. The van der Waals surface area contributed by atoms with Crippen molar-refractivity contribution in [2.24, 2.45) is 0 Å². The maximum atomic E-state index is 4.26. The molecular formula is C22H19N. The van der Waals surface area contributed by atoms with Gasteiger partial charge in [-0.05, 0) is 35.9 Å². The van der Waals surface area contributed by atoms with Crippen LogP contribution in [0.2, 0.25) is 0 Å². The molecule has 0 saturated carbocycles. The molecule has 0 bridgehead atoms. The summed E-state index contributed by atoms with van der Waals surface area (Å²) in [6.07, 6.45) is 4.14. The lowest BCUT2D eigenvalue weighted by Gasteiger charge is -2.25. The number of anilines is 2. The van der Waals surface area contributed by atoms with Crippen LogP contribution in [-0.4, -0.2) is 0 Å². The van der Waals surface area contributed by atoms with Crippen molar-refractivity contribution in [3.63, 3.8) is 0 Å². The molecular weight excluding hydrogens is 278 g/mol. The van der Waals surface area contributed by atoms with Gasteiger partial charge in [-0.2, -0.15) is 0 Å². The summed E-state index contributed by atoms with van der Waals surface area (Å²) in [5.41, 5.74) is 4.28. The first-order chi connectivity index (χ1) is 11.3. The lowest BCUT2D eigenvalue weighted by atomic mass is 10.1. The topological polar surface area (TPSA) is 3.24 Å². The Bertz CT molecular complexity index is 734. The molecule has 0 aromatic heterocycles. The summed E-state index contributed by atoms with van der Waals surface area (Å²) in [5.74, 6) is 0. The Kier molecular flexibility index (Phi) is 4.70. The summed E-state index contributed by atoms with van der Waals surface area (Å²) in [7, 11) is 0. The molecule has 0 atom stereocenters. The van der Waals surface area contributed by atoms with Crippen molar-refractivity contribution in [3.8, 4) is 0 Å². The summed E-state index contributed by atoms with van der Waals surface area (Å²) in [6.45, 7) is 4.26. The number of nitrogens with zero attached hydrogens (tertiary/aromatic N) is 1. The first-order valence-electron chi connectivity index (χ1n) is 7.67. The molecule has 1 nitrogen and oxygen atoms in total. The second-order valence-electron chi connectivity index (χ2n) is 5.24. The molecule has 0 spiro atoms. The van der Waals surface area contributed by atoms with Gasteiger partial charge < -0.3 is 4.90 Å². The van der Waals surface area contributed by atoms with Gasteiger partial charge in [0.2, 0.25) is 0 Å². The summed E-state index contributed by atoms with van der Waals surface area (Å²) >= 11 is 0. The van der Waals surface area contributed by atoms with Crippen molar-refractivity contribution >= 4 is 17.5 Å². The average Bonchev–Trinajstić information content (AvgIpc) is 2.63. The molecule has 0 aliphatic heterocycles. The molecule has 0 unspecified atom stereocenters. The Balaban J connectivity index is 1.93. The van der Waals surface area contributed by atoms with E-state index in [-0.39, 0.29) is 0 Å². The minimum Gasteiger partial charge on any atom is -0.311 e. The predicted molar refractivity (Wildman–Crippen MR) is 99.6 cm³/mol. The maximum absolute atomic E-state index is 4.26. The molecule has 3 rings (SSSR count). The molecule has 23 heavy (non-hydrogen) atoms. The largest absolute Gasteiger partial charge is 0.311 e. The molecule has 0 fully saturated rings. The molecule has 0 heterocycles. The van der Waals surface area contributed by atoms with Crippen LogP contribution in [0.3, 0.4) is 0 Å². The molecule has 3 aromatic rings. The van der Waals surface area contributed by atoms with Crippen LogP contribution in [0.1, 0.15) is 5.56 Å². The van der Waals surface area contributed by atoms with E-state index >= 15 is 0 Å². The summed E-state index contributed by atoms with van der Waals surface area (Å²) < 4.78 is 0. The van der Waals surface area contributed by atoms with E-state index in [1.54, 1.807) is 0 Å². The van der Waals surface area contributed by atoms with Crippen LogP contribution in [0.25, 0.3) is 6.08 Å². The zero-order chi connectivity index (χ0) is 15.9. The van der Waals surface area contributed by atoms with Crippen molar-refractivity contribution < 1.29 is 0 Å². The Morgan fingerprint density at radius 2 is 1.09 bits per heavy atom. The first-order valence-corrected chi connectivity index (χ1v) is 7.67. The van der Waals surface area contributed by atoms with Crippen LogP contribution in [0.4, 0.5) is 11.4 Å². The van der Waals surface area contributed by atoms with E-state index in [1.807, 2.05) is 54.6 Å². The predicted octanol–water partition coefficient (Wildman–Crippen LogP) is 6.05. The van der Waals surface area contributed by atoms with Gasteiger partial charge in [0, 0.05) is 17.1 Å². The fourth-order valence-electron chi connectivity index (χ4n) is 2.47. The third-order valence-corrected chi connectivity index (χ3v) is 3.58. The van der Waals surface area contributed by atoms with Crippen LogP contribution >= 0.6 is 0 Å². The van der Waals surface area contributed by atoms with Crippen molar-refractivity contribution in [2.45, 2.75) is 0 Å². The van der Waals surface area contributed by atoms with E-state index in [0.29, 0.717) is 0 Å². The van der Waals surface area contributed by atoms with Crippen molar-refractivity contribution in [1.29, 1.82) is 0 Å². The molecule has 0 saturated heterocycles. The normalized spacial score (nSPS) is 10.6. The fraction of sp³-hybridized carbons (Fsp3) is 0. The van der Waals surface area contributed by atoms with Gasteiger partial charge in [-0.25, -0.2) is 0 Å². The van der Waals surface area contributed by atoms with E-state index < -0.39 is 0 Å². The minimum atomic E-state index is 0.922. The maximum Gasteiger partial charge on any atom is 0.0461 e. The molecule has 0 amide bonds. The van der Waals surface area contributed by atoms with Gasteiger partial charge in [0.15, 0.2) is 0 Å². The quantitative estimate of drug-likeness (QED) is 0.518. The van der Waals surface area contributed by atoms with Crippen molar-refractivity contribution in [2.75, 3.05) is 4.90 Å². The molecule has 0 N–H and O–H groups in total. The smallest absolute Gasteiger partial charge is 0.0461 e. The highest BCUT2D eigenvalue weighted by molar-refractivity contribution is 5.71. The third kappa shape index (κ3) is 3.78. The Labute approximate surface area is 137 Å². The minimum absolute atomic E-state index is 0.922. The molecule has 3 aromatic carbocycles. The van der Waals surface area contributed by atoms with Gasteiger partial charge in [-0.1, -0.05) is 79.4 Å². The highest BCUT2D eigenvalue weighted by atomic mass is 15.1. The summed E-state index contributed by atoms with van der Waals surface area (Å²) in [5, 5.41) is 0. The lowest BCUT2D eigenvalue weighted by Crippen LogP contribution is -2.13. The highest BCUT2D eigenvalue weighted by Crippen LogP contribution is 2.29. The highest BCUT2D eigenvalue weighted by Gasteiger charge is 2.10. The van der Waals surface area contributed by atoms with Gasteiger partial charge in [0.1, 0.15) is 0 Å². The average molecular weight is 297 g/mol. The second-order valence-corrected chi connectivity index (χ2v) is 5.24. The first kappa shape index (κ1) is 14.9. The number of hydrogen-bond acceptors (Lipinski definition) is 1. The van der Waals surface area contributed by atoms with Crippen molar-refractivity contribution in [1.82, 2.24) is 0 Å². The van der Waals surface area contributed by atoms with Gasteiger partial charge in [-0.3, -0.25) is 0 Å². The lowest BCUT2D eigenvalue weighted by molar-refractivity contribution is 1.22. The number of allylic oxidation sites excluding steroid dienone is 1. The van der Waals surface area contributed by atoms with Crippen LogP contribution in [0.15, 0.2) is 109 Å². The van der Waals surface area contributed by atoms with E-state index in [4.69, 9.17) is 0 Å². The Hall–Kier alpha value is -3.06. The van der Waals surface area contributed by atoms with Gasteiger partial charge in [0.25, 0.3) is 0 Å².